The summed E-state index contributed by atoms with van der Waals surface area (Å²) in [6.07, 6.45) is 3.95. The molecule has 0 saturated carbocycles. The lowest BCUT2D eigenvalue weighted by Crippen LogP contribution is -2.31. The van der Waals surface area contributed by atoms with E-state index in [-0.39, 0.29) is 22.2 Å². The minimum atomic E-state index is -0.974. The molecule has 1 aliphatic rings. The van der Waals surface area contributed by atoms with E-state index >= 15 is 0 Å². The summed E-state index contributed by atoms with van der Waals surface area (Å²) >= 11 is 1.17. The van der Waals surface area contributed by atoms with Crippen LogP contribution in [0.4, 0.5) is 5.69 Å². The van der Waals surface area contributed by atoms with Crippen molar-refractivity contribution in [1.82, 2.24) is 9.88 Å². The van der Waals surface area contributed by atoms with E-state index in [1.165, 1.54) is 11.3 Å². The first kappa shape index (κ1) is 19.9. The zero-order chi connectivity index (χ0) is 20.3. The van der Waals surface area contributed by atoms with Gasteiger partial charge in [0.25, 0.3) is 5.91 Å². The summed E-state index contributed by atoms with van der Waals surface area (Å²) in [6, 6.07) is 5.27. The van der Waals surface area contributed by atoms with E-state index in [0.29, 0.717) is 24.3 Å². The van der Waals surface area contributed by atoms with Crippen molar-refractivity contribution >= 4 is 28.9 Å². The summed E-state index contributed by atoms with van der Waals surface area (Å²) in [5.74, 6) is 5.17. The molecule has 3 rings (SSSR count). The Hall–Kier alpha value is -2.85. The molecule has 1 saturated heterocycles. The lowest BCUT2D eigenvalue weighted by Gasteiger charge is -2.17. The summed E-state index contributed by atoms with van der Waals surface area (Å²) in [4.78, 5) is 30.9. The Morgan fingerprint density at radius 3 is 2.82 bits per heavy atom. The number of thiophene rings is 1. The van der Waals surface area contributed by atoms with Gasteiger partial charge in [0.05, 0.1) is 16.1 Å². The fourth-order valence-electron chi connectivity index (χ4n) is 2.92. The number of nitrogens with one attached hydrogen (secondary N) is 1. The molecule has 1 atom stereocenters. The van der Waals surface area contributed by atoms with Crippen molar-refractivity contribution in [2.75, 3.05) is 18.4 Å². The quantitative estimate of drug-likeness (QED) is 0.771. The van der Waals surface area contributed by atoms with Crippen LogP contribution in [0.3, 0.4) is 0 Å². The molecule has 3 heterocycles. The first-order valence-electron chi connectivity index (χ1n) is 9.09. The molecule has 0 aliphatic carbocycles. The van der Waals surface area contributed by atoms with Crippen molar-refractivity contribution in [3.05, 3.63) is 45.9 Å². The Kier molecular flexibility index (Phi) is 5.71. The van der Waals surface area contributed by atoms with Crippen LogP contribution >= 0.6 is 11.3 Å². The maximum absolute atomic E-state index is 12.6. The fraction of sp³-hybridized carbons (Fsp3) is 0.381. The smallest absolute Gasteiger partial charge is 0.348 e. The molecule has 0 spiro atoms. The Bertz CT molecular complexity index is 935. The number of hydrogen-bond donors (Lipinski definition) is 2. The summed E-state index contributed by atoms with van der Waals surface area (Å²) in [5.41, 5.74) is 0.973. The van der Waals surface area contributed by atoms with Gasteiger partial charge in [0.2, 0.25) is 0 Å². The van der Waals surface area contributed by atoms with Crippen LogP contribution < -0.4 is 5.32 Å². The molecule has 7 heteroatoms. The lowest BCUT2D eigenvalue weighted by atomic mass is 9.98. The molecule has 2 aromatic rings. The van der Waals surface area contributed by atoms with E-state index < -0.39 is 5.97 Å². The van der Waals surface area contributed by atoms with Crippen molar-refractivity contribution in [3.8, 4) is 11.8 Å². The maximum Gasteiger partial charge on any atom is 0.348 e. The third kappa shape index (κ3) is 4.90. The number of anilines is 1. The lowest BCUT2D eigenvalue weighted by molar-refractivity contribution is 0.0702. The van der Waals surface area contributed by atoms with Gasteiger partial charge in [-0.25, -0.2) is 4.79 Å². The van der Waals surface area contributed by atoms with Crippen molar-refractivity contribution < 1.29 is 14.7 Å². The van der Waals surface area contributed by atoms with Gasteiger partial charge in [-0.1, -0.05) is 11.8 Å². The highest BCUT2D eigenvalue weighted by molar-refractivity contribution is 7.15. The van der Waals surface area contributed by atoms with E-state index in [2.05, 4.69) is 22.1 Å². The number of carboxylic acid groups (broad SMARTS) is 1. The van der Waals surface area contributed by atoms with E-state index in [1.54, 1.807) is 35.5 Å². The number of likely N-dealkylation sites (tertiary alicyclic amines) is 1. The highest BCUT2D eigenvalue weighted by Gasteiger charge is 2.28. The monoisotopic (exact) mass is 397 g/mol. The van der Waals surface area contributed by atoms with Crippen molar-refractivity contribution in [3.63, 3.8) is 0 Å². The Morgan fingerprint density at radius 2 is 2.18 bits per heavy atom. The van der Waals surface area contributed by atoms with Crippen LogP contribution in [0, 0.1) is 17.3 Å². The molecule has 1 fully saturated rings. The maximum atomic E-state index is 12.6. The second-order valence-electron chi connectivity index (χ2n) is 7.78. The molecule has 1 aliphatic heterocycles. The standard InChI is InChI=1S/C21H23N3O3S/c1-21(2,3)8-6-16-11-17(18(28-16)20(26)27)23-15-7-10-24(13-15)19(25)14-5-4-9-22-12-14/h4-5,9,11-12,15,23H,7,10,13H2,1-3H3,(H,26,27). The van der Waals surface area contributed by atoms with Crippen molar-refractivity contribution in [2.45, 2.75) is 33.2 Å². The predicted molar refractivity (Wildman–Crippen MR) is 110 cm³/mol. The summed E-state index contributed by atoms with van der Waals surface area (Å²) in [5, 5.41) is 12.8. The summed E-state index contributed by atoms with van der Waals surface area (Å²) in [6.45, 7) is 7.17. The van der Waals surface area contributed by atoms with Crippen molar-refractivity contribution in [2.24, 2.45) is 5.41 Å². The number of nitrogens with zero attached hydrogens (tertiary/aromatic N) is 2. The van der Waals surface area contributed by atoms with Gasteiger partial charge in [0.1, 0.15) is 4.88 Å². The average Bonchev–Trinajstić information content (AvgIpc) is 3.27. The molecule has 0 bridgehead atoms. The Labute approximate surface area is 168 Å². The van der Waals surface area contributed by atoms with Gasteiger partial charge in [-0.3, -0.25) is 9.78 Å². The third-order valence-electron chi connectivity index (χ3n) is 4.23. The molecule has 6 nitrogen and oxygen atoms in total. The highest BCUT2D eigenvalue weighted by Crippen LogP contribution is 2.29. The van der Waals surface area contributed by atoms with Gasteiger partial charge >= 0.3 is 5.97 Å². The molecule has 146 valence electrons. The van der Waals surface area contributed by atoms with Crippen LogP contribution in [-0.2, 0) is 0 Å². The Balaban J connectivity index is 1.71. The van der Waals surface area contributed by atoms with Crippen molar-refractivity contribution in [1.29, 1.82) is 0 Å². The second-order valence-corrected chi connectivity index (χ2v) is 8.83. The van der Waals surface area contributed by atoms with Gasteiger partial charge in [-0.2, -0.15) is 0 Å². The van der Waals surface area contributed by atoms with Gasteiger partial charge in [0, 0.05) is 36.9 Å². The molecule has 2 aromatic heterocycles. The first-order valence-corrected chi connectivity index (χ1v) is 9.91. The molecule has 28 heavy (non-hydrogen) atoms. The minimum Gasteiger partial charge on any atom is -0.477 e. The van der Waals surface area contributed by atoms with Gasteiger partial charge < -0.3 is 15.3 Å². The first-order chi connectivity index (χ1) is 13.2. The highest BCUT2D eigenvalue weighted by atomic mass is 32.1. The number of rotatable bonds is 4. The molecule has 1 amide bonds. The largest absolute Gasteiger partial charge is 0.477 e. The number of pyridine rings is 1. The average molecular weight is 398 g/mol. The molecule has 1 unspecified atom stereocenters. The fourth-order valence-corrected chi connectivity index (χ4v) is 3.74. The Morgan fingerprint density at radius 1 is 1.39 bits per heavy atom. The molecule has 0 aromatic carbocycles. The second kappa shape index (κ2) is 8.03. The van der Waals surface area contributed by atoms with E-state index in [4.69, 9.17) is 0 Å². The number of hydrogen-bond acceptors (Lipinski definition) is 5. The van der Waals surface area contributed by atoms with Gasteiger partial charge in [0.15, 0.2) is 0 Å². The number of amides is 1. The third-order valence-corrected chi connectivity index (χ3v) is 5.27. The van der Waals surface area contributed by atoms with Gasteiger partial charge in [-0.15, -0.1) is 11.3 Å². The van der Waals surface area contributed by atoms with E-state index in [1.807, 2.05) is 20.8 Å². The van der Waals surface area contributed by atoms with E-state index in [0.717, 1.165) is 11.3 Å². The SMILES string of the molecule is CC(C)(C)C#Cc1cc(NC2CCN(C(=O)c3cccnc3)C2)c(C(=O)O)s1. The van der Waals surface area contributed by atoms with Crippen LogP contribution in [0.5, 0.6) is 0 Å². The molecule has 0 radical (unpaired) electrons. The summed E-state index contributed by atoms with van der Waals surface area (Å²) in [7, 11) is 0. The molecular weight excluding hydrogens is 374 g/mol. The van der Waals surface area contributed by atoms with Crippen LogP contribution in [0.2, 0.25) is 0 Å². The number of carboxylic acids is 1. The van der Waals surface area contributed by atoms with Crippen LogP contribution in [0.1, 0.15) is 52.1 Å². The number of carbonyl (C=O) groups is 2. The van der Waals surface area contributed by atoms with Gasteiger partial charge in [-0.05, 0) is 45.4 Å². The normalized spacial score (nSPS) is 16.4. The number of carbonyl (C=O) groups excluding carboxylic acids is 1. The zero-order valence-corrected chi connectivity index (χ0v) is 17.0. The summed E-state index contributed by atoms with van der Waals surface area (Å²) < 4.78 is 0. The zero-order valence-electron chi connectivity index (χ0n) is 16.2. The van der Waals surface area contributed by atoms with Crippen LogP contribution in [0.25, 0.3) is 0 Å². The number of aromatic carboxylic acids is 1. The molecular formula is C21H23N3O3S. The topological polar surface area (TPSA) is 82.5 Å². The van der Waals surface area contributed by atoms with Crippen LogP contribution in [-0.4, -0.2) is 46.0 Å². The van der Waals surface area contributed by atoms with E-state index in [9.17, 15) is 14.7 Å². The number of aromatic nitrogens is 1. The minimum absolute atomic E-state index is 0.00301. The predicted octanol–water partition coefficient (Wildman–Crippen LogP) is 3.57. The van der Waals surface area contributed by atoms with Crippen LogP contribution in [0.15, 0.2) is 30.6 Å². The molecule has 2 N–H and O–H groups in total.